The smallest absolute Gasteiger partial charge is 0.219 e. The Kier molecular flexibility index (Phi) is 7.46. The van der Waals surface area contributed by atoms with Gasteiger partial charge in [-0.25, -0.2) is 9.97 Å². The van der Waals surface area contributed by atoms with Crippen LogP contribution in [0.15, 0.2) is 53.9 Å². The molecule has 6 nitrogen and oxygen atoms in total. The van der Waals surface area contributed by atoms with Crippen molar-refractivity contribution in [1.29, 1.82) is 0 Å². The molecule has 0 spiro atoms. The van der Waals surface area contributed by atoms with E-state index in [4.69, 9.17) is 9.47 Å². The number of ether oxygens (including phenoxy) is 2. The molecule has 1 fully saturated rings. The fourth-order valence-electron chi connectivity index (χ4n) is 3.37. The number of hydrogen-bond donors (Lipinski definition) is 1. The topological polar surface area (TPSA) is 67.7 Å². The van der Waals surface area contributed by atoms with Crippen molar-refractivity contribution in [1.82, 2.24) is 9.97 Å². The Labute approximate surface area is 178 Å². The summed E-state index contributed by atoms with van der Waals surface area (Å²) in [7, 11) is 0. The van der Waals surface area contributed by atoms with Crippen molar-refractivity contribution in [2.75, 3.05) is 18.0 Å². The molecule has 160 valence electrons. The minimum absolute atomic E-state index is 0.0547. The van der Waals surface area contributed by atoms with Crippen LogP contribution in [-0.2, 0) is 6.61 Å². The van der Waals surface area contributed by atoms with Gasteiger partial charge in [-0.2, -0.15) is 0 Å². The number of aromatic nitrogens is 2. The van der Waals surface area contributed by atoms with Crippen molar-refractivity contribution in [2.45, 2.75) is 53.2 Å². The molecule has 2 aromatic rings. The van der Waals surface area contributed by atoms with E-state index in [1.165, 1.54) is 0 Å². The summed E-state index contributed by atoms with van der Waals surface area (Å²) in [6.45, 7) is 9.52. The average molecular weight is 410 g/mol. The Morgan fingerprint density at radius 1 is 1.27 bits per heavy atom. The molecule has 1 aliphatic rings. The van der Waals surface area contributed by atoms with Crippen molar-refractivity contribution < 1.29 is 14.6 Å². The highest BCUT2D eigenvalue weighted by molar-refractivity contribution is 5.53. The summed E-state index contributed by atoms with van der Waals surface area (Å²) in [6.07, 6.45) is 7.54. The summed E-state index contributed by atoms with van der Waals surface area (Å²) in [5.74, 6) is 1.93. The number of aryl methyl sites for hydroxylation is 1. The maximum Gasteiger partial charge on any atom is 0.219 e. The van der Waals surface area contributed by atoms with Gasteiger partial charge in [-0.05, 0) is 50.5 Å². The molecule has 2 aromatic heterocycles. The van der Waals surface area contributed by atoms with Crippen LogP contribution in [-0.4, -0.2) is 34.3 Å². The van der Waals surface area contributed by atoms with Gasteiger partial charge in [0.1, 0.15) is 11.9 Å². The molecule has 1 saturated heterocycles. The molecule has 0 unspecified atom stereocenters. The first-order chi connectivity index (χ1) is 14.5. The zero-order valence-electron chi connectivity index (χ0n) is 18.3. The Balaban J connectivity index is 1.71. The molecule has 0 saturated carbocycles. The van der Waals surface area contributed by atoms with Gasteiger partial charge in [-0.3, -0.25) is 0 Å². The third-order valence-corrected chi connectivity index (χ3v) is 5.22. The predicted octanol–water partition coefficient (Wildman–Crippen LogP) is 4.57. The SMILES string of the molecule is C/C=C\C(Oc1ccc(N2CC[C@H](Oc3ccc(C)cn3)C2)c(CO)n1)=C(\C)CC. The Hall–Kier alpha value is -2.86. The lowest BCUT2D eigenvalue weighted by atomic mass is 10.2. The zero-order chi connectivity index (χ0) is 21.5. The molecule has 1 N–H and O–H groups in total. The van der Waals surface area contributed by atoms with E-state index in [-0.39, 0.29) is 12.7 Å². The third kappa shape index (κ3) is 5.39. The Morgan fingerprint density at radius 3 is 2.73 bits per heavy atom. The Bertz CT molecular complexity index is 906. The van der Waals surface area contributed by atoms with Crippen LogP contribution in [0.2, 0.25) is 0 Å². The zero-order valence-corrected chi connectivity index (χ0v) is 18.3. The molecule has 1 atom stereocenters. The third-order valence-electron chi connectivity index (χ3n) is 5.22. The molecular weight excluding hydrogens is 378 g/mol. The second-order valence-electron chi connectivity index (χ2n) is 7.52. The van der Waals surface area contributed by atoms with Crippen LogP contribution in [0.4, 0.5) is 5.69 Å². The van der Waals surface area contributed by atoms with Gasteiger partial charge in [0.05, 0.1) is 24.5 Å². The van der Waals surface area contributed by atoms with Crippen LogP contribution >= 0.6 is 0 Å². The number of aliphatic hydroxyl groups is 1. The molecule has 0 radical (unpaired) electrons. The molecular formula is C24H31N3O3. The summed E-state index contributed by atoms with van der Waals surface area (Å²) < 4.78 is 12.0. The summed E-state index contributed by atoms with van der Waals surface area (Å²) in [6, 6.07) is 7.73. The number of hydrogen-bond acceptors (Lipinski definition) is 6. The first kappa shape index (κ1) is 21.8. The summed E-state index contributed by atoms with van der Waals surface area (Å²) in [5.41, 5.74) is 3.78. The quantitative estimate of drug-likeness (QED) is 0.509. The molecule has 0 aliphatic carbocycles. The van der Waals surface area contributed by atoms with Gasteiger partial charge >= 0.3 is 0 Å². The van der Waals surface area contributed by atoms with Gasteiger partial charge < -0.3 is 19.5 Å². The van der Waals surface area contributed by atoms with Crippen LogP contribution in [0, 0.1) is 6.92 Å². The summed E-state index contributed by atoms with van der Waals surface area (Å²) >= 11 is 0. The van der Waals surface area contributed by atoms with E-state index in [9.17, 15) is 5.11 Å². The minimum atomic E-state index is -0.149. The number of anilines is 1. The van der Waals surface area contributed by atoms with Crippen LogP contribution in [0.3, 0.4) is 0 Å². The molecule has 0 amide bonds. The van der Waals surface area contributed by atoms with Crippen molar-refractivity contribution in [2.24, 2.45) is 0 Å². The molecule has 6 heteroatoms. The number of aliphatic hydroxyl groups excluding tert-OH is 1. The second-order valence-corrected chi connectivity index (χ2v) is 7.52. The lowest BCUT2D eigenvalue weighted by Gasteiger charge is -2.21. The minimum Gasteiger partial charge on any atom is -0.472 e. The van der Waals surface area contributed by atoms with Gasteiger partial charge in [0.25, 0.3) is 0 Å². The van der Waals surface area contributed by atoms with Crippen molar-refractivity contribution in [3.05, 3.63) is 65.2 Å². The predicted molar refractivity (Wildman–Crippen MR) is 119 cm³/mol. The largest absolute Gasteiger partial charge is 0.472 e. The lowest BCUT2D eigenvalue weighted by Crippen LogP contribution is -2.26. The van der Waals surface area contributed by atoms with Gasteiger partial charge in [-0.15, -0.1) is 0 Å². The van der Waals surface area contributed by atoms with Gasteiger partial charge in [0.2, 0.25) is 11.8 Å². The lowest BCUT2D eigenvalue weighted by molar-refractivity contribution is 0.215. The summed E-state index contributed by atoms with van der Waals surface area (Å²) in [5, 5.41) is 9.91. The average Bonchev–Trinajstić information content (AvgIpc) is 3.22. The van der Waals surface area contributed by atoms with Gasteiger partial charge in [0.15, 0.2) is 0 Å². The highest BCUT2D eigenvalue weighted by Gasteiger charge is 2.26. The first-order valence-corrected chi connectivity index (χ1v) is 10.5. The standard InChI is InChI=1S/C24H31N3O3/c1-5-7-22(18(4)6-2)30-24-11-9-21(20(16-28)26-24)27-13-12-19(15-27)29-23-10-8-17(3)14-25-23/h5,7-11,14,19,28H,6,12-13,15-16H2,1-4H3/b7-5-,22-18+/t19-/m0/s1. The number of pyridine rings is 2. The fourth-order valence-corrected chi connectivity index (χ4v) is 3.37. The van der Waals surface area contributed by atoms with E-state index in [2.05, 4.69) is 21.8 Å². The maximum atomic E-state index is 9.91. The second kappa shape index (κ2) is 10.3. The number of allylic oxidation sites excluding steroid dienone is 3. The van der Waals surface area contributed by atoms with E-state index in [0.29, 0.717) is 17.5 Å². The molecule has 3 rings (SSSR count). The van der Waals surface area contributed by atoms with Gasteiger partial charge in [0, 0.05) is 31.3 Å². The normalized spacial score (nSPS) is 17.4. The van der Waals surface area contributed by atoms with Gasteiger partial charge in [-0.1, -0.05) is 19.1 Å². The Morgan fingerprint density at radius 2 is 2.07 bits per heavy atom. The highest BCUT2D eigenvalue weighted by Crippen LogP contribution is 2.28. The van der Waals surface area contributed by atoms with Crippen molar-refractivity contribution in [3.63, 3.8) is 0 Å². The van der Waals surface area contributed by atoms with E-state index < -0.39 is 0 Å². The van der Waals surface area contributed by atoms with Crippen molar-refractivity contribution in [3.8, 4) is 11.8 Å². The molecule has 1 aliphatic heterocycles. The van der Waals surface area contributed by atoms with Crippen LogP contribution in [0.25, 0.3) is 0 Å². The molecule has 30 heavy (non-hydrogen) atoms. The number of nitrogens with zero attached hydrogens (tertiary/aromatic N) is 3. The van der Waals surface area contributed by atoms with Crippen molar-refractivity contribution >= 4 is 5.69 Å². The fraction of sp³-hybridized carbons (Fsp3) is 0.417. The van der Waals surface area contributed by atoms with Crippen LogP contribution in [0.5, 0.6) is 11.8 Å². The summed E-state index contributed by atoms with van der Waals surface area (Å²) in [4.78, 5) is 11.1. The molecule has 0 bridgehead atoms. The molecule has 3 heterocycles. The van der Waals surface area contributed by atoms with Crippen LogP contribution < -0.4 is 14.4 Å². The number of rotatable bonds is 8. The highest BCUT2D eigenvalue weighted by atomic mass is 16.5. The van der Waals surface area contributed by atoms with E-state index in [0.717, 1.165) is 48.5 Å². The van der Waals surface area contributed by atoms with E-state index in [1.54, 1.807) is 0 Å². The monoisotopic (exact) mass is 409 g/mol. The van der Waals surface area contributed by atoms with Crippen LogP contribution in [0.1, 0.15) is 44.9 Å². The maximum absolute atomic E-state index is 9.91. The first-order valence-electron chi connectivity index (χ1n) is 10.5. The van der Waals surface area contributed by atoms with E-state index >= 15 is 0 Å². The van der Waals surface area contributed by atoms with E-state index in [1.807, 2.05) is 63.4 Å². The molecule has 0 aromatic carbocycles.